The van der Waals surface area contributed by atoms with Crippen molar-refractivity contribution in [2.24, 2.45) is 0 Å². The number of sulfone groups is 1. The Morgan fingerprint density at radius 3 is 2.44 bits per heavy atom. The molecular formula is C10H13BrO4S. The van der Waals surface area contributed by atoms with Gasteiger partial charge in [-0.15, -0.1) is 0 Å². The van der Waals surface area contributed by atoms with Gasteiger partial charge in [-0.05, 0) is 12.1 Å². The van der Waals surface area contributed by atoms with E-state index in [1.54, 1.807) is 12.1 Å². The topological polar surface area (TPSA) is 52.6 Å². The number of hydrogen-bond acceptors (Lipinski definition) is 4. The molecule has 0 amide bonds. The van der Waals surface area contributed by atoms with Crippen LogP contribution in [0.4, 0.5) is 0 Å². The number of benzene rings is 1. The van der Waals surface area contributed by atoms with Crippen molar-refractivity contribution in [2.75, 3.05) is 25.3 Å². The van der Waals surface area contributed by atoms with Gasteiger partial charge in [-0.2, -0.15) is 0 Å². The summed E-state index contributed by atoms with van der Waals surface area (Å²) in [5.74, 6) is 0.908. The van der Waals surface area contributed by atoms with E-state index < -0.39 is 9.84 Å². The minimum absolute atomic E-state index is 0.0374. The molecule has 0 aliphatic carbocycles. The van der Waals surface area contributed by atoms with Gasteiger partial charge in [0.1, 0.15) is 16.4 Å². The van der Waals surface area contributed by atoms with Gasteiger partial charge in [0.15, 0.2) is 9.84 Å². The molecule has 6 heteroatoms. The molecule has 0 heterocycles. The molecule has 4 nitrogen and oxygen atoms in total. The molecule has 0 atom stereocenters. The Morgan fingerprint density at radius 2 is 1.94 bits per heavy atom. The number of hydrogen-bond donors (Lipinski definition) is 0. The van der Waals surface area contributed by atoms with Crippen molar-refractivity contribution >= 4 is 25.8 Å². The van der Waals surface area contributed by atoms with Crippen molar-refractivity contribution in [3.8, 4) is 11.5 Å². The molecule has 1 rings (SSSR count). The van der Waals surface area contributed by atoms with Gasteiger partial charge in [-0.3, -0.25) is 0 Å². The van der Waals surface area contributed by atoms with Crippen molar-refractivity contribution in [3.05, 3.63) is 18.2 Å². The summed E-state index contributed by atoms with van der Waals surface area (Å²) in [5.41, 5.74) is 0. The largest absolute Gasteiger partial charge is 0.497 e. The molecule has 0 unspecified atom stereocenters. The molecule has 1 aromatic carbocycles. The zero-order valence-electron chi connectivity index (χ0n) is 9.07. The minimum atomic E-state index is -3.31. The van der Waals surface area contributed by atoms with E-state index in [4.69, 9.17) is 9.47 Å². The van der Waals surface area contributed by atoms with Crippen LogP contribution in [-0.4, -0.2) is 33.7 Å². The maximum Gasteiger partial charge on any atom is 0.182 e. The monoisotopic (exact) mass is 308 g/mol. The fourth-order valence-corrected chi connectivity index (χ4v) is 3.67. The van der Waals surface area contributed by atoms with Crippen molar-refractivity contribution in [1.82, 2.24) is 0 Å². The number of alkyl halides is 1. The Hall–Kier alpha value is -0.750. The van der Waals surface area contributed by atoms with E-state index in [2.05, 4.69) is 15.9 Å². The average Bonchev–Trinajstić information content (AvgIpc) is 2.28. The van der Waals surface area contributed by atoms with E-state index in [-0.39, 0.29) is 10.6 Å². The molecule has 0 spiro atoms. The third-order valence-electron chi connectivity index (χ3n) is 2.05. The number of halogens is 1. The van der Waals surface area contributed by atoms with E-state index in [0.29, 0.717) is 16.8 Å². The summed E-state index contributed by atoms with van der Waals surface area (Å²) in [4.78, 5) is 0.190. The molecule has 0 saturated carbocycles. The summed E-state index contributed by atoms with van der Waals surface area (Å²) in [7, 11) is -0.358. The van der Waals surface area contributed by atoms with Gasteiger partial charge in [0.2, 0.25) is 0 Å². The Morgan fingerprint density at radius 1 is 1.25 bits per heavy atom. The smallest absolute Gasteiger partial charge is 0.182 e. The molecule has 0 aliphatic rings. The van der Waals surface area contributed by atoms with E-state index in [0.717, 1.165) is 0 Å². The van der Waals surface area contributed by atoms with Gasteiger partial charge < -0.3 is 9.47 Å². The van der Waals surface area contributed by atoms with Crippen molar-refractivity contribution in [2.45, 2.75) is 4.90 Å². The van der Waals surface area contributed by atoms with Gasteiger partial charge in [0.25, 0.3) is 0 Å². The van der Waals surface area contributed by atoms with Crippen molar-refractivity contribution < 1.29 is 17.9 Å². The first-order valence-electron chi connectivity index (χ1n) is 4.56. The molecular weight excluding hydrogens is 296 g/mol. The zero-order valence-corrected chi connectivity index (χ0v) is 11.5. The number of ether oxygens (including phenoxy) is 2. The Kier molecular flexibility index (Phi) is 4.61. The summed E-state index contributed by atoms with van der Waals surface area (Å²) in [6.07, 6.45) is 0. The average molecular weight is 309 g/mol. The lowest BCUT2D eigenvalue weighted by Crippen LogP contribution is -2.09. The van der Waals surface area contributed by atoms with Gasteiger partial charge in [0, 0.05) is 11.4 Å². The van der Waals surface area contributed by atoms with Crippen LogP contribution in [-0.2, 0) is 9.84 Å². The van der Waals surface area contributed by atoms with Gasteiger partial charge in [-0.1, -0.05) is 15.9 Å². The number of rotatable bonds is 5. The molecule has 0 aromatic heterocycles. The van der Waals surface area contributed by atoms with Crippen LogP contribution in [0.3, 0.4) is 0 Å². The maximum absolute atomic E-state index is 11.9. The second-order valence-electron chi connectivity index (χ2n) is 3.02. The van der Waals surface area contributed by atoms with E-state index in [1.807, 2.05) is 0 Å². The standard InChI is InChI=1S/C10H13BrO4S/c1-14-8-3-4-10(9(7-8)15-2)16(12,13)6-5-11/h3-4,7H,5-6H2,1-2H3. The van der Waals surface area contributed by atoms with Crippen LogP contribution in [0.1, 0.15) is 0 Å². The first-order valence-corrected chi connectivity index (χ1v) is 7.33. The molecule has 90 valence electrons. The predicted octanol–water partition coefficient (Wildman–Crippen LogP) is 1.87. The highest BCUT2D eigenvalue weighted by atomic mass is 79.9. The normalized spacial score (nSPS) is 11.2. The zero-order chi connectivity index (χ0) is 12.2. The lowest BCUT2D eigenvalue weighted by atomic mass is 10.3. The van der Waals surface area contributed by atoms with E-state index in [9.17, 15) is 8.42 Å². The first kappa shape index (κ1) is 13.3. The van der Waals surface area contributed by atoms with Crippen LogP contribution in [0.5, 0.6) is 11.5 Å². The summed E-state index contributed by atoms with van der Waals surface area (Å²) in [5, 5.41) is 0.393. The highest BCUT2D eigenvalue weighted by Gasteiger charge is 2.19. The van der Waals surface area contributed by atoms with Crippen molar-refractivity contribution in [3.63, 3.8) is 0 Å². The first-order chi connectivity index (χ1) is 7.55. The summed E-state index contributed by atoms with van der Waals surface area (Å²) < 4.78 is 33.8. The molecule has 0 fully saturated rings. The second-order valence-corrected chi connectivity index (χ2v) is 5.90. The molecule has 1 aromatic rings. The third kappa shape index (κ3) is 2.89. The van der Waals surface area contributed by atoms with Crippen LogP contribution in [0.15, 0.2) is 23.1 Å². The van der Waals surface area contributed by atoms with Crippen LogP contribution in [0, 0.1) is 0 Å². The Bertz CT molecular complexity index is 456. The van der Waals surface area contributed by atoms with Crippen molar-refractivity contribution in [1.29, 1.82) is 0 Å². The lowest BCUT2D eigenvalue weighted by molar-refractivity contribution is 0.386. The van der Waals surface area contributed by atoms with Gasteiger partial charge in [0.05, 0.1) is 20.0 Å². The molecule has 0 saturated heterocycles. The summed E-state index contributed by atoms with van der Waals surface area (Å²) >= 11 is 3.11. The van der Waals surface area contributed by atoms with Crippen LogP contribution in [0.2, 0.25) is 0 Å². The lowest BCUT2D eigenvalue weighted by Gasteiger charge is -2.10. The number of methoxy groups -OCH3 is 2. The third-order valence-corrected chi connectivity index (χ3v) is 4.72. The highest BCUT2D eigenvalue weighted by molar-refractivity contribution is 9.09. The van der Waals surface area contributed by atoms with Gasteiger partial charge in [-0.25, -0.2) is 8.42 Å². The summed E-state index contributed by atoms with van der Waals surface area (Å²) in [6, 6.07) is 4.65. The van der Waals surface area contributed by atoms with E-state index >= 15 is 0 Å². The summed E-state index contributed by atoms with van der Waals surface area (Å²) in [6.45, 7) is 0. The SMILES string of the molecule is COc1ccc(S(=O)(=O)CCBr)c(OC)c1. The fraction of sp³-hybridized carbons (Fsp3) is 0.400. The quantitative estimate of drug-likeness (QED) is 0.779. The molecule has 0 bridgehead atoms. The molecule has 0 N–H and O–H groups in total. The molecule has 0 aliphatic heterocycles. The highest BCUT2D eigenvalue weighted by Crippen LogP contribution is 2.29. The van der Waals surface area contributed by atoms with Crippen LogP contribution in [0.25, 0.3) is 0 Å². The van der Waals surface area contributed by atoms with Crippen LogP contribution < -0.4 is 9.47 Å². The fourth-order valence-electron chi connectivity index (χ4n) is 1.24. The second kappa shape index (κ2) is 5.54. The van der Waals surface area contributed by atoms with Crippen LogP contribution >= 0.6 is 15.9 Å². The Labute approximate surface area is 104 Å². The Balaban J connectivity index is 3.24. The van der Waals surface area contributed by atoms with E-state index in [1.165, 1.54) is 20.3 Å². The predicted molar refractivity (Wildman–Crippen MR) is 65.4 cm³/mol. The molecule has 0 radical (unpaired) electrons. The maximum atomic E-state index is 11.9. The minimum Gasteiger partial charge on any atom is -0.497 e. The van der Waals surface area contributed by atoms with Gasteiger partial charge >= 0.3 is 0 Å². The molecule has 16 heavy (non-hydrogen) atoms.